The fourth-order valence-electron chi connectivity index (χ4n) is 0.462. The number of aliphatic hydroxyl groups is 1. The van der Waals surface area contributed by atoms with Gasteiger partial charge in [0.1, 0.15) is 6.29 Å². The maximum absolute atomic E-state index is 9.95. The van der Waals surface area contributed by atoms with E-state index in [1.807, 2.05) is 6.92 Å². The number of hydrogen-bond donors (Lipinski definition) is 1. The zero-order chi connectivity index (χ0) is 6.57. The lowest BCUT2D eigenvalue weighted by atomic mass is 10.1. The van der Waals surface area contributed by atoms with Crippen molar-refractivity contribution in [3.05, 3.63) is 0 Å². The van der Waals surface area contributed by atoms with Crippen LogP contribution in [0.3, 0.4) is 0 Å². The van der Waals surface area contributed by atoms with Crippen molar-refractivity contribution in [2.24, 2.45) is 5.92 Å². The van der Waals surface area contributed by atoms with Crippen LogP contribution in [0.15, 0.2) is 0 Å². The van der Waals surface area contributed by atoms with Gasteiger partial charge in [-0.1, -0.05) is 13.8 Å². The minimum absolute atomic E-state index is 0.208. The number of rotatable bonds is 3. The lowest BCUT2D eigenvalue weighted by Crippen LogP contribution is -2.16. The second kappa shape index (κ2) is 3.61. The Hall–Kier alpha value is -0.370. The largest absolute Gasteiger partial charge is 0.392 e. The first-order chi connectivity index (χ1) is 3.72. The highest BCUT2D eigenvalue weighted by Gasteiger charge is 2.08. The second-order valence-electron chi connectivity index (χ2n) is 1.97. The SMILES string of the molecule is CC[C@H](O)[C@H](C)C=O. The van der Waals surface area contributed by atoms with Crippen molar-refractivity contribution < 1.29 is 9.90 Å². The molecular weight excluding hydrogens is 104 g/mol. The lowest BCUT2D eigenvalue weighted by molar-refractivity contribution is -0.113. The Kier molecular flexibility index (Phi) is 3.44. The van der Waals surface area contributed by atoms with E-state index in [9.17, 15) is 4.79 Å². The number of hydrogen-bond acceptors (Lipinski definition) is 2. The molecule has 2 atom stereocenters. The summed E-state index contributed by atoms with van der Waals surface area (Å²) in [6, 6.07) is 0. The van der Waals surface area contributed by atoms with Crippen LogP contribution in [-0.4, -0.2) is 17.5 Å². The molecule has 0 heterocycles. The molecule has 0 fully saturated rings. The molecule has 2 heteroatoms. The molecule has 0 aliphatic rings. The predicted molar refractivity (Wildman–Crippen MR) is 31.5 cm³/mol. The lowest BCUT2D eigenvalue weighted by Gasteiger charge is -2.08. The summed E-state index contributed by atoms with van der Waals surface area (Å²) in [5.41, 5.74) is 0. The first kappa shape index (κ1) is 7.63. The first-order valence-electron chi connectivity index (χ1n) is 2.85. The van der Waals surface area contributed by atoms with Gasteiger partial charge >= 0.3 is 0 Å². The summed E-state index contributed by atoms with van der Waals surface area (Å²) in [6.07, 6.45) is 0.973. The van der Waals surface area contributed by atoms with Crippen molar-refractivity contribution in [3.63, 3.8) is 0 Å². The maximum atomic E-state index is 9.95. The topological polar surface area (TPSA) is 37.3 Å². The molecule has 0 aromatic rings. The molecule has 0 spiro atoms. The van der Waals surface area contributed by atoms with Crippen LogP contribution in [0.1, 0.15) is 20.3 Å². The number of carbonyl (C=O) groups is 1. The molecule has 0 aromatic carbocycles. The summed E-state index contributed by atoms with van der Waals surface area (Å²) in [5, 5.41) is 8.90. The van der Waals surface area contributed by atoms with Crippen LogP contribution < -0.4 is 0 Å². The molecule has 0 bridgehead atoms. The standard InChI is InChI=1S/C6H12O2/c1-3-6(8)5(2)4-7/h4-6,8H,3H2,1-2H3/t5-,6+/m1/s1. The fraction of sp³-hybridized carbons (Fsp3) is 0.833. The summed E-state index contributed by atoms with van der Waals surface area (Å²) in [6.45, 7) is 3.56. The van der Waals surface area contributed by atoms with E-state index in [0.717, 1.165) is 6.29 Å². The molecule has 0 amide bonds. The van der Waals surface area contributed by atoms with Gasteiger partial charge < -0.3 is 9.90 Å². The van der Waals surface area contributed by atoms with E-state index in [2.05, 4.69) is 0 Å². The van der Waals surface area contributed by atoms with Crippen molar-refractivity contribution in [2.75, 3.05) is 0 Å². The molecule has 0 aliphatic heterocycles. The van der Waals surface area contributed by atoms with Gasteiger partial charge in [-0.2, -0.15) is 0 Å². The average Bonchev–Trinajstić information content (AvgIpc) is 1.84. The Morgan fingerprint density at radius 2 is 2.25 bits per heavy atom. The summed E-state index contributed by atoms with van der Waals surface area (Å²) in [4.78, 5) is 9.95. The van der Waals surface area contributed by atoms with E-state index in [4.69, 9.17) is 5.11 Å². The third kappa shape index (κ3) is 2.07. The van der Waals surface area contributed by atoms with Crippen LogP contribution >= 0.6 is 0 Å². The van der Waals surface area contributed by atoms with Crippen molar-refractivity contribution in [3.8, 4) is 0 Å². The smallest absolute Gasteiger partial charge is 0.125 e. The van der Waals surface area contributed by atoms with Crippen molar-refractivity contribution >= 4 is 6.29 Å². The molecule has 0 rings (SSSR count). The summed E-state index contributed by atoms with van der Waals surface area (Å²) in [5.74, 6) is -0.208. The molecule has 0 saturated carbocycles. The van der Waals surface area contributed by atoms with Gasteiger partial charge in [0, 0.05) is 5.92 Å². The summed E-state index contributed by atoms with van der Waals surface area (Å²) < 4.78 is 0. The Morgan fingerprint density at radius 1 is 1.75 bits per heavy atom. The van der Waals surface area contributed by atoms with Gasteiger partial charge in [-0.3, -0.25) is 0 Å². The quantitative estimate of drug-likeness (QED) is 0.548. The molecule has 0 unspecified atom stereocenters. The van der Waals surface area contributed by atoms with Crippen LogP contribution in [0.2, 0.25) is 0 Å². The molecule has 0 aromatic heterocycles. The van der Waals surface area contributed by atoms with E-state index in [0.29, 0.717) is 6.42 Å². The van der Waals surface area contributed by atoms with Gasteiger partial charge in [0.15, 0.2) is 0 Å². The summed E-state index contributed by atoms with van der Waals surface area (Å²) in [7, 11) is 0. The molecule has 1 N–H and O–H groups in total. The molecular formula is C6H12O2. The third-order valence-electron chi connectivity index (χ3n) is 1.24. The van der Waals surface area contributed by atoms with E-state index < -0.39 is 6.10 Å². The van der Waals surface area contributed by atoms with E-state index in [-0.39, 0.29) is 5.92 Å². The van der Waals surface area contributed by atoms with Crippen molar-refractivity contribution in [1.29, 1.82) is 0 Å². The monoisotopic (exact) mass is 116 g/mol. The molecule has 48 valence electrons. The number of carbonyl (C=O) groups excluding carboxylic acids is 1. The number of aliphatic hydroxyl groups excluding tert-OH is 1. The average molecular weight is 116 g/mol. The van der Waals surface area contributed by atoms with Gasteiger partial charge in [0.25, 0.3) is 0 Å². The Labute approximate surface area is 49.5 Å². The van der Waals surface area contributed by atoms with E-state index >= 15 is 0 Å². The van der Waals surface area contributed by atoms with Crippen LogP contribution in [0.25, 0.3) is 0 Å². The Bertz CT molecular complexity index is 70.9. The zero-order valence-corrected chi connectivity index (χ0v) is 5.29. The van der Waals surface area contributed by atoms with Gasteiger partial charge in [0.2, 0.25) is 0 Å². The number of aldehydes is 1. The summed E-state index contributed by atoms with van der Waals surface area (Å²) >= 11 is 0. The first-order valence-corrected chi connectivity index (χ1v) is 2.85. The predicted octanol–water partition coefficient (Wildman–Crippen LogP) is 0.592. The van der Waals surface area contributed by atoms with Gasteiger partial charge in [-0.15, -0.1) is 0 Å². The van der Waals surface area contributed by atoms with Gasteiger partial charge in [0.05, 0.1) is 6.10 Å². The molecule has 2 nitrogen and oxygen atoms in total. The van der Waals surface area contributed by atoms with Crippen molar-refractivity contribution in [1.82, 2.24) is 0 Å². The Balaban J connectivity index is 3.44. The van der Waals surface area contributed by atoms with Crippen LogP contribution in [0, 0.1) is 5.92 Å². The molecule has 0 saturated heterocycles. The maximum Gasteiger partial charge on any atom is 0.125 e. The van der Waals surface area contributed by atoms with Gasteiger partial charge in [-0.05, 0) is 6.42 Å². The van der Waals surface area contributed by atoms with Crippen LogP contribution in [0.4, 0.5) is 0 Å². The fourth-order valence-corrected chi connectivity index (χ4v) is 0.462. The third-order valence-corrected chi connectivity index (χ3v) is 1.24. The molecule has 8 heavy (non-hydrogen) atoms. The normalized spacial score (nSPS) is 17.4. The highest BCUT2D eigenvalue weighted by molar-refractivity contribution is 5.53. The van der Waals surface area contributed by atoms with Crippen LogP contribution in [-0.2, 0) is 4.79 Å². The minimum atomic E-state index is -0.451. The highest BCUT2D eigenvalue weighted by Crippen LogP contribution is 2.01. The second-order valence-corrected chi connectivity index (χ2v) is 1.97. The molecule has 0 radical (unpaired) electrons. The minimum Gasteiger partial charge on any atom is -0.392 e. The highest BCUT2D eigenvalue weighted by atomic mass is 16.3. The van der Waals surface area contributed by atoms with Crippen LogP contribution in [0.5, 0.6) is 0 Å². The van der Waals surface area contributed by atoms with E-state index in [1.165, 1.54) is 0 Å². The van der Waals surface area contributed by atoms with Gasteiger partial charge in [-0.25, -0.2) is 0 Å². The van der Waals surface area contributed by atoms with Crippen molar-refractivity contribution in [2.45, 2.75) is 26.4 Å². The Morgan fingerprint density at radius 3 is 2.38 bits per heavy atom. The molecule has 0 aliphatic carbocycles. The van der Waals surface area contributed by atoms with E-state index in [1.54, 1.807) is 6.92 Å². The zero-order valence-electron chi connectivity index (χ0n) is 5.29.